The van der Waals surface area contributed by atoms with Crippen LogP contribution in [0.5, 0.6) is 0 Å². The van der Waals surface area contributed by atoms with Crippen molar-refractivity contribution in [2.45, 2.75) is 38.0 Å². The summed E-state index contributed by atoms with van der Waals surface area (Å²) >= 11 is 0. The molecule has 128 valence electrons. The Morgan fingerprint density at radius 3 is 2.57 bits per heavy atom. The molecule has 1 atom stereocenters. The van der Waals surface area contributed by atoms with Crippen molar-refractivity contribution < 1.29 is 14.2 Å². The number of rotatable bonds is 4. The summed E-state index contributed by atoms with van der Waals surface area (Å²) in [5.41, 5.74) is 1.24. The Bertz CT molecular complexity index is 498. The molecule has 4 nitrogen and oxygen atoms in total. The van der Waals surface area contributed by atoms with Gasteiger partial charge in [0.1, 0.15) is 5.82 Å². The Labute approximate surface area is 137 Å². The Morgan fingerprint density at radius 2 is 1.91 bits per heavy atom. The quantitative estimate of drug-likeness (QED) is 0.918. The zero-order chi connectivity index (χ0) is 16.3. The number of morpholine rings is 1. The molecule has 0 bridgehead atoms. The normalized spacial score (nSPS) is 24.0. The molecule has 0 aromatic heterocycles. The van der Waals surface area contributed by atoms with Crippen molar-refractivity contribution in [3.8, 4) is 0 Å². The summed E-state index contributed by atoms with van der Waals surface area (Å²) < 4.78 is 18.9. The first-order chi connectivity index (χ1) is 11.1. The van der Waals surface area contributed by atoms with Crippen LogP contribution >= 0.6 is 0 Å². The average Bonchev–Trinajstić information content (AvgIpc) is 2.54. The van der Waals surface area contributed by atoms with E-state index < -0.39 is 0 Å². The molecule has 3 rings (SSSR count). The number of aliphatic hydroxyl groups is 1. The number of ether oxygens (including phenoxy) is 1. The van der Waals surface area contributed by atoms with Gasteiger partial charge in [-0.25, -0.2) is 4.39 Å². The summed E-state index contributed by atoms with van der Waals surface area (Å²) in [6, 6.07) is 6.82. The van der Waals surface area contributed by atoms with E-state index in [1.165, 1.54) is 12.1 Å². The van der Waals surface area contributed by atoms with Crippen molar-refractivity contribution in [3.63, 3.8) is 0 Å². The van der Waals surface area contributed by atoms with Crippen LogP contribution in [0.1, 0.15) is 25.3 Å². The number of aliphatic hydroxyl groups excluding tert-OH is 1. The highest BCUT2D eigenvalue weighted by molar-refractivity contribution is 5.17. The highest BCUT2D eigenvalue weighted by atomic mass is 19.1. The van der Waals surface area contributed by atoms with Gasteiger partial charge >= 0.3 is 0 Å². The van der Waals surface area contributed by atoms with Crippen molar-refractivity contribution in [2.75, 3.05) is 39.4 Å². The Hall–Kier alpha value is -1.01. The predicted octanol–water partition coefficient (Wildman–Crippen LogP) is 1.87. The average molecular weight is 322 g/mol. The number of benzene rings is 1. The van der Waals surface area contributed by atoms with Crippen LogP contribution < -0.4 is 0 Å². The lowest BCUT2D eigenvalue weighted by Crippen LogP contribution is -2.61. The summed E-state index contributed by atoms with van der Waals surface area (Å²) in [6.45, 7) is 7.89. The third kappa shape index (κ3) is 4.10. The number of piperidine rings is 1. The minimum Gasteiger partial charge on any atom is -0.392 e. The van der Waals surface area contributed by atoms with Crippen LogP contribution in [0, 0.1) is 5.82 Å². The Kier molecular flexibility index (Phi) is 5.31. The fraction of sp³-hybridized carbons (Fsp3) is 0.667. The first kappa shape index (κ1) is 16.8. The van der Waals surface area contributed by atoms with E-state index in [2.05, 4.69) is 9.80 Å². The molecule has 5 heteroatoms. The molecule has 0 radical (unpaired) electrons. The minimum atomic E-state index is -0.276. The third-order valence-corrected chi connectivity index (χ3v) is 5.14. The molecule has 2 saturated heterocycles. The fourth-order valence-electron chi connectivity index (χ4n) is 3.81. The van der Waals surface area contributed by atoms with Gasteiger partial charge in [0.2, 0.25) is 0 Å². The minimum absolute atomic E-state index is 0.0851. The van der Waals surface area contributed by atoms with Gasteiger partial charge in [-0.05, 0) is 37.5 Å². The molecule has 1 aromatic carbocycles. The van der Waals surface area contributed by atoms with Gasteiger partial charge < -0.3 is 14.7 Å². The number of β-amino-alcohol motifs (C(OH)–C–C–N with tert-alkyl or cyclic N) is 1. The summed E-state index contributed by atoms with van der Waals surface area (Å²) in [7, 11) is 0. The second-order valence-electron chi connectivity index (χ2n) is 6.97. The van der Waals surface area contributed by atoms with Crippen molar-refractivity contribution in [1.82, 2.24) is 9.80 Å². The molecule has 2 fully saturated rings. The third-order valence-electron chi connectivity index (χ3n) is 5.14. The van der Waals surface area contributed by atoms with E-state index in [0.717, 1.165) is 64.3 Å². The number of likely N-dealkylation sites (tertiary alicyclic amines) is 1. The van der Waals surface area contributed by atoms with Crippen LogP contribution in [0.25, 0.3) is 0 Å². The molecule has 1 N–H and O–H groups in total. The van der Waals surface area contributed by atoms with E-state index in [1.54, 1.807) is 0 Å². The Morgan fingerprint density at radius 1 is 1.22 bits per heavy atom. The standard InChI is InChI=1S/C18H27FN2O2/c1-15(22)12-20-8-6-18(7-9-20)14-23-11-10-21(18)13-16-2-4-17(19)5-3-16/h2-5,15,22H,6-14H2,1H3. The van der Waals surface area contributed by atoms with Gasteiger partial charge in [0.15, 0.2) is 0 Å². The van der Waals surface area contributed by atoms with Crippen LogP contribution in [-0.4, -0.2) is 65.9 Å². The molecular weight excluding hydrogens is 295 g/mol. The van der Waals surface area contributed by atoms with Crippen molar-refractivity contribution in [1.29, 1.82) is 0 Å². The van der Waals surface area contributed by atoms with Crippen LogP contribution in [0.15, 0.2) is 24.3 Å². The van der Waals surface area contributed by atoms with E-state index in [-0.39, 0.29) is 17.5 Å². The summed E-state index contributed by atoms with van der Waals surface area (Å²) in [5.74, 6) is -0.183. The van der Waals surface area contributed by atoms with Crippen LogP contribution in [0.4, 0.5) is 4.39 Å². The van der Waals surface area contributed by atoms with Gasteiger partial charge in [-0.2, -0.15) is 0 Å². The van der Waals surface area contributed by atoms with Crippen molar-refractivity contribution >= 4 is 0 Å². The van der Waals surface area contributed by atoms with Crippen LogP contribution in [-0.2, 0) is 11.3 Å². The zero-order valence-corrected chi connectivity index (χ0v) is 13.9. The van der Waals surface area contributed by atoms with Crippen LogP contribution in [0.3, 0.4) is 0 Å². The number of hydrogen-bond acceptors (Lipinski definition) is 4. The molecular formula is C18H27FN2O2. The monoisotopic (exact) mass is 322 g/mol. The maximum absolute atomic E-state index is 13.1. The highest BCUT2D eigenvalue weighted by Crippen LogP contribution is 2.33. The summed E-state index contributed by atoms with van der Waals surface area (Å²) in [4.78, 5) is 4.85. The van der Waals surface area contributed by atoms with E-state index in [9.17, 15) is 9.50 Å². The SMILES string of the molecule is CC(O)CN1CCC2(CC1)COCCN2Cc1ccc(F)cc1. The summed E-state index contributed by atoms with van der Waals surface area (Å²) in [5, 5.41) is 9.57. The summed E-state index contributed by atoms with van der Waals surface area (Å²) in [6.07, 6.45) is 1.84. The smallest absolute Gasteiger partial charge is 0.123 e. The number of hydrogen-bond donors (Lipinski definition) is 1. The molecule has 1 aromatic rings. The van der Waals surface area contributed by atoms with Crippen molar-refractivity contribution in [2.24, 2.45) is 0 Å². The van der Waals surface area contributed by atoms with Gasteiger partial charge in [0.05, 0.1) is 19.3 Å². The van der Waals surface area contributed by atoms with Gasteiger partial charge in [-0.15, -0.1) is 0 Å². The zero-order valence-electron chi connectivity index (χ0n) is 13.9. The molecule has 2 heterocycles. The highest BCUT2D eigenvalue weighted by Gasteiger charge is 2.42. The van der Waals surface area contributed by atoms with Gasteiger partial charge in [0.25, 0.3) is 0 Å². The molecule has 2 aliphatic heterocycles. The molecule has 0 saturated carbocycles. The second-order valence-corrected chi connectivity index (χ2v) is 6.97. The van der Waals surface area contributed by atoms with Gasteiger partial charge in [0, 0.05) is 38.3 Å². The molecule has 2 aliphatic rings. The fourth-order valence-corrected chi connectivity index (χ4v) is 3.81. The van der Waals surface area contributed by atoms with Gasteiger partial charge in [-0.1, -0.05) is 12.1 Å². The largest absolute Gasteiger partial charge is 0.392 e. The number of nitrogens with zero attached hydrogens (tertiary/aromatic N) is 2. The second kappa shape index (κ2) is 7.26. The maximum atomic E-state index is 13.1. The van der Waals surface area contributed by atoms with Gasteiger partial charge in [-0.3, -0.25) is 4.90 Å². The lowest BCUT2D eigenvalue weighted by Gasteiger charge is -2.51. The van der Waals surface area contributed by atoms with E-state index >= 15 is 0 Å². The topological polar surface area (TPSA) is 35.9 Å². The maximum Gasteiger partial charge on any atom is 0.123 e. The molecule has 0 aliphatic carbocycles. The molecule has 1 unspecified atom stereocenters. The predicted molar refractivity (Wildman–Crippen MR) is 87.7 cm³/mol. The number of halogens is 1. The van der Waals surface area contributed by atoms with Crippen molar-refractivity contribution in [3.05, 3.63) is 35.6 Å². The molecule has 23 heavy (non-hydrogen) atoms. The molecule has 1 spiro atoms. The van der Waals surface area contributed by atoms with E-state index in [0.29, 0.717) is 0 Å². The van der Waals surface area contributed by atoms with E-state index in [1.807, 2.05) is 19.1 Å². The van der Waals surface area contributed by atoms with Crippen LogP contribution in [0.2, 0.25) is 0 Å². The lowest BCUT2D eigenvalue weighted by atomic mass is 9.85. The molecule has 0 amide bonds. The van der Waals surface area contributed by atoms with E-state index in [4.69, 9.17) is 4.74 Å². The first-order valence-corrected chi connectivity index (χ1v) is 8.55. The lowest BCUT2D eigenvalue weighted by molar-refractivity contribution is -0.101. The first-order valence-electron chi connectivity index (χ1n) is 8.55. The Balaban J connectivity index is 1.65.